The minimum atomic E-state index is -1.01. The summed E-state index contributed by atoms with van der Waals surface area (Å²) in [5.74, 6) is -1.65. The molecular formula is C21H25N3O7S. The van der Waals surface area contributed by atoms with E-state index in [2.05, 4.69) is 10.6 Å². The molecule has 4 amide bonds. The van der Waals surface area contributed by atoms with Gasteiger partial charge in [-0.05, 0) is 24.1 Å². The van der Waals surface area contributed by atoms with Gasteiger partial charge in [-0.15, -0.1) is 11.8 Å². The molecule has 1 aromatic rings. The number of thioether (sulfide) groups is 1. The third kappa shape index (κ3) is 6.07. The van der Waals surface area contributed by atoms with Crippen LogP contribution in [0.4, 0.5) is 0 Å². The van der Waals surface area contributed by atoms with E-state index in [1.54, 1.807) is 23.9 Å². The fourth-order valence-electron chi connectivity index (χ4n) is 3.58. The standard InChI is InChI=1S/C21H25N3O7S/c25-17(6-7-19(27)28)22-8-9-31-10-11-32-16-3-1-2-13-14(16)12-24(21(13)30)15-4-5-18(26)23-20(15)29/h1-3,15H,4-12H2,(H,22,25)(H,27,28)(H,23,26,29). The molecule has 0 saturated carbocycles. The average Bonchev–Trinajstić information content (AvgIpc) is 3.08. The molecule has 172 valence electrons. The van der Waals surface area contributed by atoms with Gasteiger partial charge in [0.15, 0.2) is 0 Å². The number of hydrogen-bond acceptors (Lipinski definition) is 7. The van der Waals surface area contributed by atoms with Gasteiger partial charge in [0.1, 0.15) is 6.04 Å². The Hall–Kier alpha value is -2.92. The Kier molecular flexibility index (Phi) is 8.23. The predicted molar refractivity (Wildman–Crippen MR) is 114 cm³/mol. The van der Waals surface area contributed by atoms with E-state index in [0.29, 0.717) is 44.0 Å². The number of carboxylic acids is 1. The Balaban J connectivity index is 1.43. The summed E-state index contributed by atoms with van der Waals surface area (Å²) in [7, 11) is 0. The van der Waals surface area contributed by atoms with Gasteiger partial charge in [-0.2, -0.15) is 0 Å². The molecule has 10 nitrogen and oxygen atoms in total. The maximum Gasteiger partial charge on any atom is 0.303 e. The van der Waals surface area contributed by atoms with Gasteiger partial charge in [0, 0.05) is 42.1 Å². The summed E-state index contributed by atoms with van der Waals surface area (Å²) in [6.45, 7) is 1.38. The quantitative estimate of drug-likeness (QED) is 0.245. The average molecular weight is 464 g/mol. The number of aliphatic carboxylic acids is 1. The van der Waals surface area contributed by atoms with Crippen molar-refractivity contribution in [3.63, 3.8) is 0 Å². The molecule has 3 N–H and O–H groups in total. The zero-order chi connectivity index (χ0) is 23.1. The predicted octanol–water partition coefficient (Wildman–Crippen LogP) is 0.537. The SMILES string of the molecule is O=C(O)CCC(=O)NCCOCCSc1cccc2c1CN(C1CCC(=O)NC1=O)C2=O. The summed E-state index contributed by atoms with van der Waals surface area (Å²) in [6, 6.07) is 4.84. The van der Waals surface area contributed by atoms with Crippen LogP contribution in [0, 0.1) is 0 Å². The van der Waals surface area contributed by atoms with E-state index in [4.69, 9.17) is 9.84 Å². The van der Waals surface area contributed by atoms with Crippen molar-refractivity contribution in [3.05, 3.63) is 29.3 Å². The molecule has 0 radical (unpaired) electrons. The largest absolute Gasteiger partial charge is 0.481 e. The molecule has 2 heterocycles. The van der Waals surface area contributed by atoms with Crippen LogP contribution in [0.2, 0.25) is 0 Å². The molecule has 0 aliphatic carbocycles. The summed E-state index contributed by atoms with van der Waals surface area (Å²) in [5, 5.41) is 13.4. The molecule has 11 heteroatoms. The van der Waals surface area contributed by atoms with Gasteiger partial charge in [0.25, 0.3) is 5.91 Å². The third-order valence-corrected chi connectivity index (χ3v) is 6.22. The van der Waals surface area contributed by atoms with Crippen LogP contribution in [0.3, 0.4) is 0 Å². The highest BCUT2D eigenvalue weighted by molar-refractivity contribution is 7.99. The molecule has 3 rings (SSSR count). The van der Waals surface area contributed by atoms with Crippen LogP contribution in [0.5, 0.6) is 0 Å². The molecule has 0 aromatic heterocycles. The molecule has 2 aliphatic rings. The van der Waals surface area contributed by atoms with Crippen LogP contribution in [-0.4, -0.2) is 71.2 Å². The van der Waals surface area contributed by atoms with E-state index in [0.717, 1.165) is 10.5 Å². The van der Waals surface area contributed by atoms with Crippen LogP contribution in [-0.2, 0) is 30.5 Å². The zero-order valence-electron chi connectivity index (χ0n) is 17.4. The van der Waals surface area contributed by atoms with Gasteiger partial charge < -0.3 is 20.1 Å². The minimum absolute atomic E-state index is 0.0567. The fourth-order valence-corrected chi connectivity index (χ4v) is 4.52. The Morgan fingerprint density at radius 1 is 1.22 bits per heavy atom. The van der Waals surface area contributed by atoms with E-state index in [-0.39, 0.29) is 37.0 Å². The number of carboxylic acid groups (broad SMARTS) is 1. The first-order chi connectivity index (χ1) is 15.4. The number of ether oxygens (including phenoxy) is 1. The van der Waals surface area contributed by atoms with Crippen LogP contribution in [0.1, 0.15) is 41.6 Å². The highest BCUT2D eigenvalue weighted by atomic mass is 32.2. The second kappa shape index (κ2) is 11.1. The number of rotatable bonds is 11. The van der Waals surface area contributed by atoms with Crippen LogP contribution < -0.4 is 10.6 Å². The number of imide groups is 1. The van der Waals surface area contributed by atoms with Crippen LogP contribution >= 0.6 is 11.8 Å². The van der Waals surface area contributed by atoms with Gasteiger partial charge in [-0.1, -0.05) is 6.07 Å². The van der Waals surface area contributed by atoms with Crippen molar-refractivity contribution in [2.24, 2.45) is 0 Å². The van der Waals surface area contributed by atoms with Crippen LogP contribution in [0.15, 0.2) is 23.1 Å². The first kappa shape index (κ1) is 23.7. The van der Waals surface area contributed by atoms with Gasteiger partial charge in [0.2, 0.25) is 17.7 Å². The van der Waals surface area contributed by atoms with Crippen molar-refractivity contribution in [2.45, 2.75) is 43.2 Å². The van der Waals surface area contributed by atoms with E-state index < -0.39 is 17.9 Å². The van der Waals surface area contributed by atoms with Crippen molar-refractivity contribution in [2.75, 3.05) is 25.5 Å². The van der Waals surface area contributed by atoms with E-state index in [1.165, 1.54) is 4.90 Å². The molecule has 1 aromatic carbocycles. The van der Waals surface area contributed by atoms with Crippen molar-refractivity contribution < 1.29 is 33.8 Å². The normalized spacial score (nSPS) is 17.8. The number of benzene rings is 1. The minimum Gasteiger partial charge on any atom is -0.481 e. The highest BCUT2D eigenvalue weighted by Crippen LogP contribution is 2.34. The number of carbonyl (C=O) groups is 5. The lowest BCUT2D eigenvalue weighted by Gasteiger charge is -2.29. The third-order valence-electron chi connectivity index (χ3n) is 5.16. The molecule has 1 atom stereocenters. The summed E-state index contributed by atoms with van der Waals surface area (Å²) >= 11 is 1.54. The van der Waals surface area contributed by atoms with E-state index >= 15 is 0 Å². The topological polar surface area (TPSA) is 142 Å². The lowest BCUT2D eigenvalue weighted by atomic mass is 10.0. The van der Waals surface area contributed by atoms with Gasteiger partial charge in [-0.3, -0.25) is 29.3 Å². The maximum atomic E-state index is 12.8. The number of hydrogen-bond donors (Lipinski definition) is 3. The van der Waals surface area contributed by atoms with E-state index in [1.807, 2.05) is 6.07 Å². The molecule has 1 saturated heterocycles. The first-order valence-corrected chi connectivity index (χ1v) is 11.3. The molecule has 1 fully saturated rings. The van der Waals surface area contributed by atoms with Gasteiger partial charge in [-0.25, -0.2) is 0 Å². The summed E-state index contributed by atoms with van der Waals surface area (Å²) < 4.78 is 5.50. The highest BCUT2D eigenvalue weighted by Gasteiger charge is 2.39. The number of piperidine rings is 1. The Labute approximate surface area is 189 Å². The smallest absolute Gasteiger partial charge is 0.303 e. The lowest BCUT2D eigenvalue weighted by Crippen LogP contribution is -2.52. The fraction of sp³-hybridized carbons (Fsp3) is 0.476. The summed E-state index contributed by atoms with van der Waals surface area (Å²) in [5.41, 5.74) is 1.45. The van der Waals surface area contributed by atoms with Crippen molar-refractivity contribution >= 4 is 41.4 Å². The monoisotopic (exact) mass is 463 g/mol. The number of fused-ring (bicyclic) bond motifs is 1. The molecule has 2 aliphatic heterocycles. The molecule has 32 heavy (non-hydrogen) atoms. The Morgan fingerprint density at radius 3 is 2.78 bits per heavy atom. The molecule has 1 unspecified atom stereocenters. The first-order valence-electron chi connectivity index (χ1n) is 10.3. The number of carbonyl (C=O) groups excluding carboxylic acids is 4. The maximum absolute atomic E-state index is 12.8. The molecular weight excluding hydrogens is 438 g/mol. The lowest BCUT2D eigenvalue weighted by molar-refractivity contribution is -0.139. The number of nitrogens with zero attached hydrogens (tertiary/aromatic N) is 1. The molecule has 0 bridgehead atoms. The number of nitrogens with one attached hydrogen (secondary N) is 2. The zero-order valence-corrected chi connectivity index (χ0v) is 18.2. The molecule has 0 spiro atoms. The second-order valence-electron chi connectivity index (χ2n) is 7.39. The number of amides is 4. The Bertz CT molecular complexity index is 921. The second-order valence-corrected chi connectivity index (χ2v) is 8.52. The van der Waals surface area contributed by atoms with Gasteiger partial charge >= 0.3 is 5.97 Å². The van der Waals surface area contributed by atoms with E-state index in [9.17, 15) is 24.0 Å². The van der Waals surface area contributed by atoms with Gasteiger partial charge in [0.05, 0.1) is 19.6 Å². The van der Waals surface area contributed by atoms with Crippen LogP contribution in [0.25, 0.3) is 0 Å². The van der Waals surface area contributed by atoms with Crippen molar-refractivity contribution in [1.29, 1.82) is 0 Å². The van der Waals surface area contributed by atoms with Crippen molar-refractivity contribution in [1.82, 2.24) is 15.5 Å². The summed E-state index contributed by atoms with van der Waals surface area (Å²) in [6.07, 6.45) is 0.288. The van der Waals surface area contributed by atoms with Crippen molar-refractivity contribution in [3.8, 4) is 0 Å². The Morgan fingerprint density at radius 2 is 2.03 bits per heavy atom. The summed E-state index contributed by atoms with van der Waals surface area (Å²) in [4.78, 5) is 60.7.